The Labute approximate surface area is 327 Å². The molecule has 0 fully saturated rings. The summed E-state index contributed by atoms with van der Waals surface area (Å²) in [5.74, 6) is 0. The van der Waals surface area contributed by atoms with Crippen LogP contribution < -0.4 is 4.90 Å². The zero-order valence-corrected chi connectivity index (χ0v) is 31.4. The molecule has 1 nitrogen and oxygen atoms in total. The largest absolute Gasteiger partial charge is 0.310 e. The van der Waals surface area contributed by atoms with Gasteiger partial charge in [0.05, 0.1) is 0 Å². The third-order valence-corrected chi connectivity index (χ3v) is 13.2. The van der Waals surface area contributed by atoms with Crippen LogP contribution in [0.2, 0.25) is 0 Å². The van der Waals surface area contributed by atoms with E-state index in [1.54, 1.807) is 0 Å². The molecule has 0 aliphatic heterocycles. The van der Waals surface area contributed by atoms with Crippen LogP contribution in [0.4, 0.5) is 17.1 Å². The summed E-state index contributed by atoms with van der Waals surface area (Å²) in [6.45, 7) is 0. The molecule has 11 rings (SSSR count). The Morgan fingerprint density at radius 2 is 0.745 bits per heavy atom. The number of rotatable bonds is 6. The number of thiophene rings is 2. The summed E-state index contributed by atoms with van der Waals surface area (Å²) >= 11 is 3.73. The van der Waals surface area contributed by atoms with Crippen molar-refractivity contribution in [3.8, 4) is 33.4 Å². The van der Waals surface area contributed by atoms with Gasteiger partial charge in [-0.1, -0.05) is 140 Å². The van der Waals surface area contributed by atoms with Gasteiger partial charge in [-0.15, -0.1) is 22.7 Å². The predicted molar refractivity (Wildman–Crippen MR) is 241 cm³/mol. The number of hydrogen-bond acceptors (Lipinski definition) is 3. The second-order valence-electron chi connectivity index (χ2n) is 14.1. The zero-order valence-electron chi connectivity index (χ0n) is 29.8. The van der Waals surface area contributed by atoms with Crippen molar-refractivity contribution in [1.82, 2.24) is 0 Å². The fourth-order valence-corrected chi connectivity index (χ4v) is 10.6. The highest BCUT2D eigenvalue weighted by molar-refractivity contribution is 7.26. The summed E-state index contributed by atoms with van der Waals surface area (Å²) in [6.07, 6.45) is 0. The van der Waals surface area contributed by atoms with Gasteiger partial charge in [-0.25, -0.2) is 0 Å². The van der Waals surface area contributed by atoms with Gasteiger partial charge in [0.2, 0.25) is 0 Å². The molecule has 55 heavy (non-hydrogen) atoms. The molecule has 2 heterocycles. The maximum atomic E-state index is 2.40. The van der Waals surface area contributed by atoms with Crippen LogP contribution in [0, 0.1) is 0 Å². The fourth-order valence-electron chi connectivity index (χ4n) is 8.35. The summed E-state index contributed by atoms with van der Waals surface area (Å²) in [5, 5.41) is 7.81. The number of fused-ring (bicyclic) bond motifs is 7. The minimum atomic E-state index is 1.11. The van der Waals surface area contributed by atoms with E-state index in [2.05, 4.69) is 205 Å². The molecule has 0 saturated heterocycles. The third kappa shape index (κ3) is 5.43. The number of anilines is 3. The molecule has 0 bridgehead atoms. The van der Waals surface area contributed by atoms with E-state index >= 15 is 0 Å². The molecule has 0 aliphatic rings. The smallest absolute Gasteiger partial charge is 0.0467 e. The first-order valence-electron chi connectivity index (χ1n) is 18.7. The van der Waals surface area contributed by atoms with Crippen LogP contribution in [0.25, 0.3) is 84.5 Å². The molecule has 2 aromatic heterocycles. The number of nitrogens with zero attached hydrogens (tertiary/aromatic N) is 1. The van der Waals surface area contributed by atoms with Gasteiger partial charge in [0.25, 0.3) is 0 Å². The van der Waals surface area contributed by atoms with Crippen LogP contribution in [0.1, 0.15) is 0 Å². The van der Waals surface area contributed by atoms with Gasteiger partial charge in [-0.2, -0.15) is 0 Å². The van der Waals surface area contributed by atoms with Crippen LogP contribution in [0.3, 0.4) is 0 Å². The third-order valence-electron chi connectivity index (χ3n) is 10.9. The molecule has 0 amide bonds. The molecular weight excluding hydrogens is 703 g/mol. The van der Waals surface area contributed by atoms with Gasteiger partial charge in [0.15, 0.2) is 0 Å². The van der Waals surface area contributed by atoms with Crippen molar-refractivity contribution in [3.63, 3.8) is 0 Å². The minimum Gasteiger partial charge on any atom is -0.310 e. The van der Waals surface area contributed by atoms with Crippen molar-refractivity contribution in [1.29, 1.82) is 0 Å². The molecule has 0 aliphatic carbocycles. The van der Waals surface area contributed by atoms with Gasteiger partial charge in [0.1, 0.15) is 0 Å². The highest BCUT2D eigenvalue weighted by Crippen LogP contribution is 2.44. The Bertz CT molecular complexity index is 3200. The number of hydrogen-bond donors (Lipinski definition) is 0. The van der Waals surface area contributed by atoms with Crippen LogP contribution >= 0.6 is 22.7 Å². The van der Waals surface area contributed by atoms with Gasteiger partial charge < -0.3 is 4.90 Å². The standard InChI is InChI=1S/C52H33NS2/c1-2-15-41-34(11-1)12-8-18-42(41)35-25-29-38(30-26-35)53(39-31-27-36(28-32-39)43-19-9-23-49-51(43)45-16-3-5-21-47(45)54-49)40-14-7-13-37(33-40)44-20-10-24-50-52(44)46-17-4-6-22-48(46)55-50/h1-33H. The molecule has 258 valence electrons. The lowest BCUT2D eigenvalue weighted by Gasteiger charge is -2.26. The first-order valence-corrected chi connectivity index (χ1v) is 20.3. The fraction of sp³-hybridized carbons (Fsp3) is 0. The van der Waals surface area contributed by atoms with Gasteiger partial charge in [0, 0.05) is 57.4 Å². The molecule has 0 saturated carbocycles. The summed E-state index contributed by atoms with van der Waals surface area (Å²) < 4.78 is 5.28. The van der Waals surface area contributed by atoms with Gasteiger partial charge in [-0.3, -0.25) is 0 Å². The Morgan fingerprint density at radius 1 is 0.291 bits per heavy atom. The van der Waals surface area contributed by atoms with E-state index in [9.17, 15) is 0 Å². The van der Waals surface area contributed by atoms with E-state index in [1.807, 2.05) is 22.7 Å². The van der Waals surface area contributed by atoms with E-state index < -0.39 is 0 Å². The van der Waals surface area contributed by atoms with E-state index in [0.29, 0.717) is 0 Å². The summed E-state index contributed by atoms with van der Waals surface area (Å²) in [6, 6.07) is 73.4. The number of benzene rings is 9. The van der Waals surface area contributed by atoms with Crippen molar-refractivity contribution in [2.24, 2.45) is 0 Å². The molecular formula is C52H33NS2. The van der Waals surface area contributed by atoms with Gasteiger partial charge in [-0.05, 0) is 105 Å². The minimum absolute atomic E-state index is 1.11. The van der Waals surface area contributed by atoms with Crippen LogP contribution in [-0.4, -0.2) is 0 Å². The highest BCUT2D eigenvalue weighted by atomic mass is 32.1. The lowest BCUT2D eigenvalue weighted by atomic mass is 9.97. The average molecular weight is 736 g/mol. The van der Waals surface area contributed by atoms with Crippen molar-refractivity contribution in [3.05, 3.63) is 200 Å². The van der Waals surface area contributed by atoms with Crippen molar-refractivity contribution >= 4 is 90.9 Å². The van der Waals surface area contributed by atoms with E-state index in [0.717, 1.165) is 17.1 Å². The van der Waals surface area contributed by atoms with Crippen molar-refractivity contribution in [2.75, 3.05) is 4.90 Å². The lowest BCUT2D eigenvalue weighted by molar-refractivity contribution is 1.28. The zero-order chi connectivity index (χ0) is 36.3. The monoisotopic (exact) mass is 735 g/mol. The maximum absolute atomic E-state index is 2.40. The molecule has 0 radical (unpaired) electrons. The molecule has 0 N–H and O–H groups in total. The van der Waals surface area contributed by atoms with Crippen molar-refractivity contribution in [2.45, 2.75) is 0 Å². The molecule has 0 spiro atoms. The normalized spacial score (nSPS) is 11.6. The predicted octanol–water partition coefficient (Wildman–Crippen LogP) is 16.0. The first kappa shape index (κ1) is 32.0. The second kappa shape index (κ2) is 13.1. The Morgan fingerprint density at radius 3 is 1.38 bits per heavy atom. The summed E-state index contributed by atoms with van der Waals surface area (Å²) in [7, 11) is 0. The molecule has 3 heteroatoms. The Balaban J connectivity index is 1.05. The second-order valence-corrected chi connectivity index (χ2v) is 16.2. The van der Waals surface area contributed by atoms with Crippen molar-refractivity contribution < 1.29 is 0 Å². The maximum Gasteiger partial charge on any atom is 0.0467 e. The molecule has 0 atom stereocenters. The van der Waals surface area contributed by atoms with Crippen LogP contribution in [0.5, 0.6) is 0 Å². The summed E-state index contributed by atoms with van der Waals surface area (Å²) in [5.41, 5.74) is 10.7. The van der Waals surface area contributed by atoms with E-state index in [-0.39, 0.29) is 0 Å². The molecule has 0 unspecified atom stereocenters. The van der Waals surface area contributed by atoms with Gasteiger partial charge >= 0.3 is 0 Å². The molecule has 11 aromatic rings. The van der Waals surface area contributed by atoms with Crippen LogP contribution in [-0.2, 0) is 0 Å². The Hall–Kier alpha value is -6.52. The lowest BCUT2D eigenvalue weighted by Crippen LogP contribution is -2.10. The first-order chi connectivity index (χ1) is 27.3. The van der Waals surface area contributed by atoms with Crippen LogP contribution in [0.15, 0.2) is 200 Å². The van der Waals surface area contributed by atoms with E-state index in [1.165, 1.54) is 84.5 Å². The molecule has 9 aromatic carbocycles. The topological polar surface area (TPSA) is 3.24 Å². The average Bonchev–Trinajstić information content (AvgIpc) is 3.83. The van der Waals surface area contributed by atoms with E-state index in [4.69, 9.17) is 0 Å². The quantitative estimate of drug-likeness (QED) is 0.164. The summed E-state index contributed by atoms with van der Waals surface area (Å²) in [4.78, 5) is 2.40. The SMILES string of the molecule is c1cc(-c2cccc3sc4ccccc4c23)cc(N(c2ccc(-c3cccc4ccccc34)cc2)c2ccc(-c3cccc4sc5ccccc5c34)cc2)c1. The Kier molecular flexibility index (Phi) is 7.61. The highest BCUT2D eigenvalue weighted by Gasteiger charge is 2.18.